The number of furan rings is 1. The van der Waals surface area contributed by atoms with E-state index in [9.17, 15) is 33.2 Å². The van der Waals surface area contributed by atoms with E-state index in [-0.39, 0.29) is 17.1 Å². The first-order valence-corrected chi connectivity index (χ1v) is 7.99. The maximum Gasteiger partial charge on any atom is 0.417 e. The van der Waals surface area contributed by atoms with E-state index in [1.54, 1.807) is 0 Å². The Morgan fingerprint density at radius 3 is 2.57 bits per heavy atom. The van der Waals surface area contributed by atoms with Gasteiger partial charge < -0.3 is 14.8 Å². The number of carbonyl (C=O) groups excluding carboxylic acids is 1. The predicted molar refractivity (Wildman–Crippen MR) is 90.0 cm³/mol. The first kappa shape index (κ1) is 19.6. The van der Waals surface area contributed by atoms with Crippen LogP contribution in [0.3, 0.4) is 0 Å². The average Bonchev–Trinajstić information content (AvgIpc) is 3.07. The summed E-state index contributed by atoms with van der Waals surface area (Å²) in [7, 11) is 0. The Labute approximate surface area is 155 Å². The van der Waals surface area contributed by atoms with Crippen molar-refractivity contribution in [2.24, 2.45) is 0 Å². The molecular weight excluding hydrogens is 383 g/mol. The standard InChI is InChI=1S/C17H14F3N3O5/c18-17(19,20)11-4-2-1-3-10(11)12-7-5-9(28-12)6-8-13-21-15(24)14(23(26)27)16(25)22-13/h1-8,13-15,21,24H,(H,22,25)/b8-6+. The third-order valence-corrected chi connectivity index (χ3v) is 4.02. The van der Waals surface area contributed by atoms with Gasteiger partial charge in [-0.15, -0.1) is 0 Å². The molecule has 2 aromatic rings. The molecule has 28 heavy (non-hydrogen) atoms. The smallest absolute Gasteiger partial charge is 0.417 e. The first-order valence-electron chi connectivity index (χ1n) is 7.99. The number of benzene rings is 1. The van der Waals surface area contributed by atoms with Gasteiger partial charge in [0.25, 0.3) is 0 Å². The number of nitro groups is 1. The Kier molecular flexibility index (Phi) is 5.21. The molecule has 1 saturated heterocycles. The zero-order chi connectivity index (χ0) is 20.5. The van der Waals surface area contributed by atoms with Crippen LogP contribution in [0.1, 0.15) is 11.3 Å². The van der Waals surface area contributed by atoms with Gasteiger partial charge in [0.2, 0.25) is 0 Å². The van der Waals surface area contributed by atoms with E-state index in [0.717, 1.165) is 6.07 Å². The van der Waals surface area contributed by atoms with E-state index < -0.39 is 41.0 Å². The van der Waals surface area contributed by atoms with Crippen LogP contribution in [-0.4, -0.2) is 34.4 Å². The minimum Gasteiger partial charge on any atom is -0.457 e. The summed E-state index contributed by atoms with van der Waals surface area (Å²) in [5, 5.41) is 25.1. The van der Waals surface area contributed by atoms with Crippen molar-refractivity contribution in [2.75, 3.05) is 0 Å². The second-order valence-electron chi connectivity index (χ2n) is 5.93. The third kappa shape index (κ3) is 4.05. The zero-order valence-electron chi connectivity index (χ0n) is 14.0. The number of hydrogen-bond donors (Lipinski definition) is 3. The number of aliphatic hydroxyl groups is 1. The zero-order valence-corrected chi connectivity index (χ0v) is 14.0. The molecule has 8 nitrogen and oxygen atoms in total. The highest BCUT2D eigenvalue weighted by Crippen LogP contribution is 2.37. The number of hydrogen-bond acceptors (Lipinski definition) is 6. The van der Waals surface area contributed by atoms with Gasteiger partial charge in [0.05, 0.1) is 5.56 Å². The van der Waals surface area contributed by atoms with E-state index >= 15 is 0 Å². The Balaban J connectivity index is 1.76. The number of alkyl halides is 3. The second kappa shape index (κ2) is 7.44. The highest BCUT2D eigenvalue weighted by Gasteiger charge is 2.43. The SMILES string of the molecule is O=C1NC(/C=C/c2ccc(-c3ccccc3C(F)(F)F)o2)NC(O)C1[N+](=O)[O-]. The third-order valence-electron chi connectivity index (χ3n) is 4.02. The molecule has 3 unspecified atom stereocenters. The summed E-state index contributed by atoms with van der Waals surface area (Å²) in [6, 6.07) is 5.93. The number of nitrogens with zero attached hydrogens (tertiary/aromatic N) is 1. The molecule has 1 aliphatic rings. The lowest BCUT2D eigenvalue weighted by Gasteiger charge is -2.28. The van der Waals surface area contributed by atoms with Crippen molar-refractivity contribution in [3.63, 3.8) is 0 Å². The van der Waals surface area contributed by atoms with Crippen LogP contribution in [0, 0.1) is 10.1 Å². The van der Waals surface area contributed by atoms with Gasteiger partial charge in [-0.3, -0.25) is 20.2 Å². The van der Waals surface area contributed by atoms with E-state index in [1.807, 2.05) is 0 Å². The van der Waals surface area contributed by atoms with Crippen LogP contribution in [0.15, 0.2) is 46.9 Å². The van der Waals surface area contributed by atoms with Crippen LogP contribution < -0.4 is 10.6 Å². The van der Waals surface area contributed by atoms with Crippen LogP contribution in [0.4, 0.5) is 13.2 Å². The van der Waals surface area contributed by atoms with Crippen molar-refractivity contribution in [1.82, 2.24) is 10.6 Å². The summed E-state index contributed by atoms with van der Waals surface area (Å²) in [6.07, 6.45) is -4.45. The Hall–Kier alpha value is -3.18. The second-order valence-corrected chi connectivity index (χ2v) is 5.93. The highest BCUT2D eigenvalue weighted by molar-refractivity contribution is 5.82. The molecule has 3 N–H and O–H groups in total. The number of carbonyl (C=O) groups is 1. The highest BCUT2D eigenvalue weighted by atomic mass is 19.4. The number of rotatable bonds is 4. The molecule has 11 heteroatoms. The summed E-state index contributed by atoms with van der Waals surface area (Å²) in [5.74, 6) is -0.777. The van der Waals surface area contributed by atoms with Crippen LogP contribution in [0.5, 0.6) is 0 Å². The molecule has 148 valence electrons. The monoisotopic (exact) mass is 397 g/mol. The predicted octanol–water partition coefficient (Wildman–Crippen LogP) is 1.99. The van der Waals surface area contributed by atoms with Crippen molar-refractivity contribution >= 4 is 12.0 Å². The molecule has 0 bridgehead atoms. The normalized spacial score (nSPS) is 23.0. The fraction of sp³-hybridized carbons (Fsp3) is 0.235. The minimum absolute atomic E-state index is 0.00154. The van der Waals surface area contributed by atoms with Crippen molar-refractivity contribution < 1.29 is 32.4 Å². The number of aliphatic hydroxyl groups excluding tert-OH is 1. The van der Waals surface area contributed by atoms with Crippen molar-refractivity contribution in [2.45, 2.75) is 24.6 Å². The molecule has 2 heterocycles. The molecule has 1 aromatic carbocycles. The van der Waals surface area contributed by atoms with Gasteiger partial charge >= 0.3 is 18.1 Å². The lowest BCUT2D eigenvalue weighted by Crippen LogP contribution is -2.65. The van der Waals surface area contributed by atoms with Crippen LogP contribution in [-0.2, 0) is 11.0 Å². The minimum atomic E-state index is -4.54. The van der Waals surface area contributed by atoms with E-state index in [4.69, 9.17) is 4.42 Å². The average molecular weight is 397 g/mol. The van der Waals surface area contributed by atoms with E-state index in [1.165, 1.54) is 42.5 Å². The van der Waals surface area contributed by atoms with Gasteiger partial charge in [-0.05, 0) is 30.4 Å². The van der Waals surface area contributed by atoms with E-state index in [2.05, 4.69) is 10.6 Å². The fourth-order valence-corrected chi connectivity index (χ4v) is 2.74. The maximum absolute atomic E-state index is 13.1. The molecule has 1 amide bonds. The van der Waals surface area contributed by atoms with Crippen LogP contribution in [0.2, 0.25) is 0 Å². The molecule has 0 spiro atoms. The van der Waals surface area contributed by atoms with Crippen LogP contribution >= 0.6 is 0 Å². The molecule has 3 rings (SSSR count). The first-order chi connectivity index (χ1) is 13.2. The molecule has 1 aliphatic heterocycles. The lowest BCUT2D eigenvalue weighted by molar-refractivity contribution is -0.522. The van der Waals surface area contributed by atoms with Gasteiger partial charge in [0.1, 0.15) is 17.7 Å². The number of halogens is 3. The Morgan fingerprint density at radius 1 is 1.21 bits per heavy atom. The van der Waals surface area contributed by atoms with Gasteiger partial charge in [0, 0.05) is 10.5 Å². The molecule has 0 saturated carbocycles. The van der Waals surface area contributed by atoms with Crippen molar-refractivity contribution in [3.8, 4) is 11.3 Å². The molecule has 0 aliphatic carbocycles. The summed E-state index contributed by atoms with van der Waals surface area (Å²) in [5.41, 5.74) is -0.960. The molecule has 1 aromatic heterocycles. The Morgan fingerprint density at radius 2 is 1.93 bits per heavy atom. The summed E-state index contributed by atoms with van der Waals surface area (Å²) < 4.78 is 44.8. The summed E-state index contributed by atoms with van der Waals surface area (Å²) >= 11 is 0. The lowest BCUT2D eigenvalue weighted by atomic mass is 10.1. The van der Waals surface area contributed by atoms with Gasteiger partial charge in [-0.2, -0.15) is 13.2 Å². The molecule has 0 radical (unpaired) electrons. The number of amides is 1. The molecule has 1 fully saturated rings. The van der Waals surface area contributed by atoms with Gasteiger partial charge in [0.15, 0.2) is 6.23 Å². The van der Waals surface area contributed by atoms with Gasteiger partial charge in [-0.1, -0.05) is 18.2 Å². The van der Waals surface area contributed by atoms with Gasteiger partial charge in [-0.25, -0.2) is 0 Å². The van der Waals surface area contributed by atoms with Crippen molar-refractivity contribution in [1.29, 1.82) is 0 Å². The van der Waals surface area contributed by atoms with Crippen LogP contribution in [0.25, 0.3) is 17.4 Å². The number of nitrogens with one attached hydrogen (secondary N) is 2. The molecular formula is C17H14F3N3O5. The fourth-order valence-electron chi connectivity index (χ4n) is 2.74. The molecule has 3 atom stereocenters. The summed E-state index contributed by atoms with van der Waals surface area (Å²) in [4.78, 5) is 21.5. The van der Waals surface area contributed by atoms with E-state index in [0.29, 0.717) is 0 Å². The Bertz CT molecular complexity index is 925. The summed E-state index contributed by atoms with van der Waals surface area (Å²) in [6.45, 7) is 0. The quantitative estimate of drug-likeness (QED) is 0.537. The topological polar surface area (TPSA) is 118 Å². The maximum atomic E-state index is 13.1. The largest absolute Gasteiger partial charge is 0.457 e. The van der Waals surface area contributed by atoms with Crippen molar-refractivity contribution in [3.05, 3.63) is 63.9 Å².